The van der Waals surface area contributed by atoms with Gasteiger partial charge in [0.25, 0.3) is 0 Å². The van der Waals surface area contributed by atoms with E-state index in [0.717, 1.165) is 61.3 Å². The van der Waals surface area contributed by atoms with E-state index in [2.05, 4.69) is 106 Å². The van der Waals surface area contributed by atoms with Gasteiger partial charge in [0.05, 0.1) is 22.8 Å². The summed E-state index contributed by atoms with van der Waals surface area (Å²) in [5.74, 6) is 0. The summed E-state index contributed by atoms with van der Waals surface area (Å²) < 4.78 is 0. The van der Waals surface area contributed by atoms with Crippen LogP contribution in [0.25, 0.3) is 0 Å². The molecule has 0 unspecified atom stereocenters. The SMILES string of the molecule is CCCCC(=Nc1c(C)cccc1C)C(CCCC)=Nc1c(C)cccc1C.[Br][Ni][Br]. The molecule has 2 nitrogen and oxygen atoms in total. The number of nitrogens with zero attached hydrogens (tertiary/aromatic N) is 2. The van der Waals surface area contributed by atoms with E-state index < -0.39 is 0 Å². The molecule has 0 aromatic heterocycles. The molecule has 2 aromatic carbocycles. The fourth-order valence-electron chi connectivity index (χ4n) is 3.45. The van der Waals surface area contributed by atoms with Crippen LogP contribution in [0.15, 0.2) is 46.4 Å². The third-order valence-electron chi connectivity index (χ3n) is 5.24. The van der Waals surface area contributed by atoms with E-state index in [9.17, 15) is 0 Å². The molecule has 2 rings (SSSR count). The van der Waals surface area contributed by atoms with Gasteiger partial charge in [-0.15, -0.1) is 0 Å². The summed E-state index contributed by atoms with van der Waals surface area (Å²) in [7, 11) is 1.25. The third kappa shape index (κ3) is 9.72. The molecular weight excluding hydrogens is 559 g/mol. The topological polar surface area (TPSA) is 24.7 Å². The van der Waals surface area contributed by atoms with E-state index in [-0.39, 0.29) is 0 Å². The maximum absolute atomic E-state index is 5.19. The predicted molar refractivity (Wildman–Crippen MR) is 143 cm³/mol. The molecule has 174 valence electrons. The van der Waals surface area contributed by atoms with Crippen molar-refractivity contribution in [2.75, 3.05) is 0 Å². The first-order chi connectivity index (χ1) is 14.9. The van der Waals surface area contributed by atoms with Gasteiger partial charge in [0.1, 0.15) is 0 Å². The molecule has 5 heteroatoms. The molecule has 0 bridgehead atoms. The molecule has 0 radical (unpaired) electrons. The van der Waals surface area contributed by atoms with Gasteiger partial charge in [-0.2, -0.15) is 0 Å². The molecule has 0 aliphatic carbocycles. The summed E-state index contributed by atoms with van der Waals surface area (Å²) in [5.41, 5.74) is 9.47. The summed E-state index contributed by atoms with van der Waals surface area (Å²) >= 11 is 6.00. The minimum absolute atomic E-state index is 0.984. The van der Waals surface area contributed by atoms with Crippen LogP contribution in [0.2, 0.25) is 0 Å². The normalized spacial score (nSPS) is 12.0. The second kappa shape index (κ2) is 15.9. The quantitative estimate of drug-likeness (QED) is 0.204. The van der Waals surface area contributed by atoms with E-state index in [1.807, 2.05) is 0 Å². The van der Waals surface area contributed by atoms with E-state index in [4.69, 9.17) is 9.98 Å². The van der Waals surface area contributed by atoms with Crippen LogP contribution >= 0.6 is 28.5 Å². The van der Waals surface area contributed by atoms with E-state index in [1.165, 1.54) is 33.2 Å². The van der Waals surface area contributed by atoms with Crippen molar-refractivity contribution >= 4 is 51.2 Å². The number of benzene rings is 2. The van der Waals surface area contributed by atoms with Crippen LogP contribution < -0.4 is 0 Å². The Balaban J connectivity index is 0.00000151. The van der Waals surface area contributed by atoms with Crippen LogP contribution in [0.3, 0.4) is 0 Å². The van der Waals surface area contributed by atoms with Crippen LogP contribution in [-0.4, -0.2) is 11.4 Å². The number of rotatable bonds is 9. The van der Waals surface area contributed by atoms with Crippen molar-refractivity contribution in [1.29, 1.82) is 0 Å². The first kappa shape index (κ1) is 28.3. The zero-order valence-corrected chi connectivity index (χ0v) is 23.8. The summed E-state index contributed by atoms with van der Waals surface area (Å²) in [6.07, 6.45) is 6.57. The first-order valence-corrected chi connectivity index (χ1v) is 15.9. The zero-order valence-electron chi connectivity index (χ0n) is 19.7. The van der Waals surface area contributed by atoms with E-state index in [0.29, 0.717) is 0 Å². The molecule has 0 fully saturated rings. The Labute approximate surface area is 209 Å². The van der Waals surface area contributed by atoms with Crippen molar-refractivity contribution < 1.29 is 10.9 Å². The molecule has 0 heterocycles. The van der Waals surface area contributed by atoms with Crippen LogP contribution in [0.4, 0.5) is 11.4 Å². The molecule has 0 atom stereocenters. The van der Waals surface area contributed by atoms with Gasteiger partial charge in [0.15, 0.2) is 0 Å². The molecule has 0 aliphatic rings. The van der Waals surface area contributed by atoms with E-state index >= 15 is 0 Å². The number of aliphatic imine (C=N–C) groups is 2. The average molecular weight is 595 g/mol. The van der Waals surface area contributed by atoms with Crippen molar-refractivity contribution in [3.05, 3.63) is 58.7 Å². The number of halogens is 2. The van der Waals surface area contributed by atoms with Crippen LogP contribution in [0, 0.1) is 27.7 Å². The van der Waals surface area contributed by atoms with Gasteiger partial charge in [-0.3, -0.25) is 9.98 Å². The molecule has 31 heavy (non-hydrogen) atoms. The Morgan fingerprint density at radius 3 is 1.23 bits per heavy atom. The molecule has 0 saturated carbocycles. The Kier molecular flexibility index (Phi) is 14.5. The van der Waals surface area contributed by atoms with Gasteiger partial charge in [-0.1, -0.05) is 63.1 Å². The van der Waals surface area contributed by atoms with Crippen molar-refractivity contribution in [3.63, 3.8) is 0 Å². The van der Waals surface area contributed by atoms with E-state index in [1.54, 1.807) is 0 Å². The van der Waals surface area contributed by atoms with Crippen molar-refractivity contribution in [3.8, 4) is 0 Å². The summed E-state index contributed by atoms with van der Waals surface area (Å²) in [6.45, 7) is 13.1. The Hall–Kier alpha value is -0.766. The number of unbranched alkanes of at least 4 members (excludes halogenated alkanes) is 2. The Bertz CT molecular complexity index is 764. The average Bonchev–Trinajstić information content (AvgIpc) is 2.73. The molecule has 0 aliphatic heterocycles. The fourth-order valence-corrected chi connectivity index (χ4v) is 3.45. The second-order valence-corrected chi connectivity index (χ2v) is 12.8. The van der Waals surface area contributed by atoms with Crippen molar-refractivity contribution in [2.45, 2.75) is 80.1 Å². The molecular formula is C26H36Br2N2Ni. The molecule has 0 N–H and O–H groups in total. The van der Waals surface area contributed by atoms with Gasteiger partial charge in [-0.05, 0) is 75.6 Å². The van der Waals surface area contributed by atoms with Crippen LogP contribution in [0.1, 0.15) is 74.6 Å². The van der Waals surface area contributed by atoms with Crippen LogP contribution in [0.5, 0.6) is 0 Å². The summed E-state index contributed by atoms with van der Waals surface area (Å²) in [5, 5.41) is 0. The number of hydrogen-bond donors (Lipinski definition) is 0. The second-order valence-electron chi connectivity index (χ2n) is 7.85. The van der Waals surface area contributed by atoms with Gasteiger partial charge in [0, 0.05) is 0 Å². The Morgan fingerprint density at radius 1 is 0.677 bits per heavy atom. The first-order valence-electron chi connectivity index (χ1n) is 11.0. The van der Waals surface area contributed by atoms with Gasteiger partial charge in [-0.25, -0.2) is 0 Å². The third-order valence-corrected chi connectivity index (χ3v) is 5.24. The maximum atomic E-state index is 5.19. The predicted octanol–water partition coefficient (Wildman–Crippen LogP) is 9.83. The number of para-hydroxylation sites is 2. The molecule has 0 amide bonds. The number of aryl methyl sites for hydroxylation is 4. The van der Waals surface area contributed by atoms with Crippen molar-refractivity contribution in [2.24, 2.45) is 9.98 Å². The van der Waals surface area contributed by atoms with Gasteiger partial charge in [0.2, 0.25) is 0 Å². The fraction of sp³-hybridized carbons (Fsp3) is 0.462. The van der Waals surface area contributed by atoms with Gasteiger partial charge < -0.3 is 0 Å². The molecule has 2 aromatic rings. The summed E-state index contributed by atoms with van der Waals surface area (Å²) in [4.78, 5) is 10.4. The van der Waals surface area contributed by atoms with Crippen LogP contribution in [-0.2, 0) is 10.9 Å². The Morgan fingerprint density at radius 2 is 0.968 bits per heavy atom. The summed E-state index contributed by atoms with van der Waals surface area (Å²) in [6, 6.07) is 12.8. The monoisotopic (exact) mass is 592 g/mol. The zero-order chi connectivity index (χ0) is 23.2. The van der Waals surface area contributed by atoms with Gasteiger partial charge >= 0.3 is 39.3 Å². The molecule has 0 saturated heterocycles. The minimum atomic E-state index is 0.984. The standard InChI is InChI=1S/C26H36N2.2BrH.Ni/c1-7-9-17-23(27-25-19(3)13-11-14-20(25)4)24(18-10-8-2)28-26-21(5)15-12-16-22(26)6;;;/h11-16H,7-10,17-18H2,1-6H3;2*1H;/q;;;+2/p-2. The number of hydrogen-bond acceptors (Lipinski definition) is 2. The molecule has 0 spiro atoms. The van der Waals surface area contributed by atoms with Crippen molar-refractivity contribution in [1.82, 2.24) is 0 Å².